The lowest BCUT2D eigenvalue weighted by molar-refractivity contribution is -0.143. The third kappa shape index (κ3) is 47.6. The summed E-state index contributed by atoms with van der Waals surface area (Å²) in [6, 6.07) is -0.544. The quantitative estimate of drug-likeness (QED) is 0.0321. The second-order valence-corrected chi connectivity index (χ2v) is 18.6. The van der Waals surface area contributed by atoms with Crippen LogP contribution in [0.25, 0.3) is 0 Å². The minimum absolute atomic E-state index is 0.00276. The fourth-order valence-corrected chi connectivity index (χ4v) is 8.18. The van der Waals surface area contributed by atoms with Gasteiger partial charge in [-0.1, -0.05) is 230 Å². The zero-order chi connectivity index (χ0) is 45.1. The van der Waals surface area contributed by atoms with E-state index in [0.29, 0.717) is 25.9 Å². The Morgan fingerprint density at radius 1 is 0.452 bits per heavy atom. The molecule has 0 aromatic heterocycles. The normalized spacial score (nSPS) is 12.9. The lowest BCUT2D eigenvalue weighted by Gasteiger charge is -2.22. The fourth-order valence-electron chi connectivity index (χ4n) is 8.18. The first-order valence-electron chi connectivity index (χ1n) is 27.2. The molecule has 2 unspecified atom stereocenters. The van der Waals surface area contributed by atoms with Crippen molar-refractivity contribution in [3.63, 3.8) is 0 Å². The number of ether oxygens (including phenoxy) is 1. The monoisotopic (exact) mass is 872 g/mol. The molecule has 0 bridgehead atoms. The van der Waals surface area contributed by atoms with E-state index in [-0.39, 0.29) is 18.5 Å². The molecule has 0 rings (SSSR count). The number of aliphatic hydroxyl groups excluding tert-OH is 2. The maximum atomic E-state index is 12.4. The van der Waals surface area contributed by atoms with Crippen molar-refractivity contribution >= 4 is 11.9 Å². The molecule has 0 fully saturated rings. The average Bonchev–Trinajstić information content (AvgIpc) is 3.27. The van der Waals surface area contributed by atoms with Crippen LogP contribution < -0.4 is 5.32 Å². The Labute approximate surface area is 385 Å². The Balaban J connectivity index is 3.42. The Kier molecular flexibility index (Phi) is 50.1. The van der Waals surface area contributed by atoms with E-state index in [1.807, 2.05) is 0 Å². The van der Waals surface area contributed by atoms with Gasteiger partial charge in [0.15, 0.2) is 0 Å². The van der Waals surface area contributed by atoms with Crippen LogP contribution in [-0.4, -0.2) is 47.4 Å². The zero-order valence-electron chi connectivity index (χ0n) is 41.4. The van der Waals surface area contributed by atoms with Gasteiger partial charge in [-0.05, 0) is 77.0 Å². The highest BCUT2D eigenvalue weighted by Crippen LogP contribution is 2.16. The summed E-state index contributed by atoms with van der Waals surface area (Å²) in [5, 5.41) is 23.1. The Bertz CT molecular complexity index is 1010. The second kappa shape index (κ2) is 51.7. The van der Waals surface area contributed by atoms with Crippen LogP contribution in [0.5, 0.6) is 0 Å². The second-order valence-electron chi connectivity index (χ2n) is 18.6. The topological polar surface area (TPSA) is 95.9 Å². The number of hydrogen-bond acceptors (Lipinski definition) is 5. The van der Waals surface area contributed by atoms with Gasteiger partial charge in [-0.3, -0.25) is 9.59 Å². The molecule has 0 aromatic carbocycles. The minimum Gasteiger partial charge on any atom is -0.466 e. The van der Waals surface area contributed by atoms with E-state index in [1.54, 1.807) is 0 Å². The molecule has 2 atom stereocenters. The summed E-state index contributed by atoms with van der Waals surface area (Å²) in [5.74, 6) is -0.0468. The number of carbonyl (C=O) groups excluding carboxylic acids is 2. The van der Waals surface area contributed by atoms with E-state index >= 15 is 0 Å². The van der Waals surface area contributed by atoms with Crippen LogP contribution in [0, 0.1) is 0 Å². The molecule has 3 N–H and O–H groups in total. The number of rotatable bonds is 50. The van der Waals surface area contributed by atoms with Gasteiger partial charge in [0.25, 0.3) is 0 Å². The van der Waals surface area contributed by atoms with Gasteiger partial charge in [-0.25, -0.2) is 0 Å². The van der Waals surface area contributed by atoms with Crippen molar-refractivity contribution < 1.29 is 24.5 Å². The van der Waals surface area contributed by atoms with Crippen molar-refractivity contribution in [2.45, 2.75) is 296 Å². The molecule has 6 nitrogen and oxygen atoms in total. The highest BCUT2D eigenvalue weighted by Gasteiger charge is 2.20. The first-order valence-corrected chi connectivity index (χ1v) is 27.2. The third-order valence-electron chi connectivity index (χ3n) is 12.4. The summed E-state index contributed by atoms with van der Waals surface area (Å²) in [5.41, 5.74) is 0. The van der Waals surface area contributed by atoms with Gasteiger partial charge in [0.1, 0.15) is 0 Å². The molecule has 0 saturated heterocycles. The van der Waals surface area contributed by atoms with Crippen LogP contribution in [-0.2, 0) is 14.3 Å². The number of nitrogens with one attached hydrogen (secondary N) is 1. The van der Waals surface area contributed by atoms with Gasteiger partial charge in [0.2, 0.25) is 5.91 Å². The zero-order valence-corrected chi connectivity index (χ0v) is 41.4. The predicted molar refractivity (Wildman–Crippen MR) is 269 cm³/mol. The Morgan fingerprint density at radius 3 is 1.29 bits per heavy atom. The molecule has 0 saturated carbocycles. The Morgan fingerprint density at radius 2 is 0.823 bits per heavy atom. The maximum absolute atomic E-state index is 12.4. The number of hydrogen-bond donors (Lipinski definition) is 3. The van der Waals surface area contributed by atoms with E-state index in [1.165, 1.54) is 199 Å². The number of allylic oxidation sites excluding steroid dienone is 6. The highest BCUT2D eigenvalue weighted by molar-refractivity contribution is 5.76. The van der Waals surface area contributed by atoms with E-state index in [4.69, 9.17) is 4.74 Å². The van der Waals surface area contributed by atoms with Crippen molar-refractivity contribution in [2.75, 3.05) is 13.2 Å². The molecule has 0 aliphatic rings. The van der Waals surface area contributed by atoms with Crippen LogP contribution in [0.15, 0.2) is 36.5 Å². The van der Waals surface area contributed by atoms with E-state index in [0.717, 1.165) is 51.4 Å². The van der Waals surface area contributed by atoms with Crippen molar-refractivity contribution in [1.29, 1.82) is 0 Å². The summed E-state index contributed by atoms with van der Waals surface area (Å²) in [7, 11) is 0. The van der Waals surface area contributed by atoms with Crippen LogP contribution in [0.3, 0.4) is 0 Å². The van der Waals surface area contributed by atoms with Gasteiger partial charge in [0, 0.05) is 12.8 Å². The first kappa shape index (κ1) is 60.1. The molecule has 0 radical (unpaired) electrons. The molecule has 6 heteroatoms. The van der Waals surface area contributed by atoms with Crippen LogP contribution in [0.4, 0.5) is 0 Å². The molecular formula is C56H105NO5. The van der Waals surface area contributed by atoms with Crippen molar-refractivity contribution in [3.8, 4) is 0 Å². The van der Waals surface area contributed by atoms with Crippen molar-refractivity contribution in [1.82, 2.24) is 5.32 Å². The molecule has 62 heavy (non-hydrogen) atoms. The van der Waals surface area contributed by atoms with Gasteiger partial charge in [-0.2, -0.15) is 0 Å². The highest BCUT2D eigenvalue weighted by atomic mass is 16.5. The number of carbonyl (C=O) groups is 2. The molecule has 364 valence electrons. The average molecular weight is 872 g/mol. The molecule has 1 amide bonds. The lowest BCUT2D eigenvalue weighted by Crippen LogP contribution is -2.45. The number of aliphatic hydroxyl groups is 2. The largest absolute Gasteiger partial charge is 0.466 e. The number of amides is 1. The van der Waals surface area contributed by atoms with E-state index in [2.05, 4.69) is 55.6 Å². The molecule has 0 heterocycles. The third-order valence-corrected chi connectivity index (χ3v) is 12.4. The number of esters is 1. The van der Waals surface area contributed by atoms with Crippen LogP contribution >= 0.6 is 0 Å². The molecular weight excluding hydrogens is 767 g/mol. The standard InChI is InChI=1S/C56H105NO5/c1-3-5-7-9-11-13-29-34-38-42-46-50-56(61)62-51-47-43-39-35-31-28-26-24-22-20-18-16-14-15-17-19-21-23-25-27-30-33-37-41-45-49-55(60)57-53(52-58)54(59)48-44-40-36-32-12-10-8-6-4-2/h9,11,15-18,53-54,58-59H,3-8,10,12-14,19-52H2,1-2H3,(H,57,60)/b11-9-,17-15-,18-16-. The lowest BCUT2D eigenvalue weighted by atomic mass is 10.0. The summed E-state index contributed by atoms with van der Waals surface area (Å²) < 4.78 is 5.45. The Hall–Kier alpha value is -1.92. The maximum Gasteiger partial charge on any atom is 0.305 e. The van der Waals surface area contributed by atoms with Gasteiger partial charge >= 0.3 is 5.97 Å². The van der Waals surface area contributed by atoms with Gasteiger partial charge < -0.3 is 20.3 Å². The number of unbranched alkanes of at least 4 members (excludes halogenated alkanes) is 33. The molecule has 0 aliphatic carbocycles. The first-order chi connectivity index (χ1) is 30.5. The van der Waals surface area contributed by atoms with Gasteiger partial charge in [0.05, 0.1) is 25.4 Å². The van der Waals surface area contributed by atoms with Crippen LogP contribution in [0.2, 0.25) is 0 Å². The SMILES string of the molecule is CCCC/C=C\CCCCCCCC(=O)OCCCCCCCCCCC/C=C\C/C=C\CCCCCCCCCCCC(=O)NC(CO)C(O)CCCCCCCCCCC. The smallest absolute Gasteiger partial charge is 0.305 e. The van der Waals surface area contributed by atoms with Crippen LogP contribution in [0.1, 0.15) is 284 Å². The predicted octanol–water partition coefficient (Wildman–Crippen LogP) is 16.5. The minimum atomic E-state index is -0.666. The molecule has 0 aromatic rings. The summed E-state index contributed by atoms with van der Waals surface area (Å²) in [6.07, 6.45) is 62.8. The molecule has 0 spiro atoms. The summed E-state index contributed by atoms with van der Waals surface area (Å²) in [4.78, 5) is 24.4. The van der Waals surface area contributed by atoms with Crippen molar-refractivity contribution in [2.24, 2.45) is 0 Å². The van der Waals surface area contributed by atoms with E-state index < -0.39 is 12.1 Å². The van der Waals surface area contributed by atoms with E-state index in [9.17, 15) is 19.8 Å². The summed E-state index contributed by atoms with van der Waals surface area (Å²) in [6.45, 7) is 4.88. The van der Waals surface area contributed by atoms with Gasteiger partial charge in [-0.15, -0.1) is 0 Å². The summed E-state index contributed by atoms with van der Waals surface area (Å²) >= 11 is 0. The molecule has 0 aliphatic heterocycles. The fraction of sp³-hybridized carbons (Fsp3) is 0.857. The van der Waals surface area contributed by atoms with Crippen molar-refractivity contribution in [3.05, 3.63) is 36.5 Å².